The monoisotopic (exact) mass is 281 g/mol. The molecule has 4 heteroatoms. The summed E-state index contributed by atoms with van der Waals surface area (Å²) >= 11 is 1.93. The van der Waals surface area contributed by atoms with Gasteiger partial charge in [0.05, 0.1) is 12.2 Å². The molecule has 2 aliphatic heterocycles. The standard InChI is InChI=1S/C15H23NO2S/c1-2-13-3-4-14(19-13)10-16-12-5-7-18-15(9-12)6-8-17-11-15/h3-4,12,16H,2,5-11H2,1H3. The van der Waals surface area contributed by atoms with Crippen LogP contribution >= 0.6 is 11.3 Å². The van der Waals surface area contributed by atoms with Gasteiger partial charge < -0.3 is 14.8 Å². The lowest BCUT2D eigenvalue weighted by Crippen LogP contribution is -2.47. The summed E-state index contributed by atoms with van der Waals surface area (Å²) in [4.78, 5) is 2.92. The van der Waals surface area contributed by atoms with Crippen molar-refractivity contribution in [2.75, 3.05) is 19.8 Å². The molecule has 2 saturated heterocycles. The van der Waals surface area contributed by atoms with Crippen molar-refractivity contribution in [2.24, 2.45) is 0 Å². The molecule has 0 bridgehead atoms. The number of thiophene rings is 1. The van der Waals surface area contributed by atoms with Crippen LogP contribution in [0.2, 0.25) is 0 Å². The molecule has 0 amide bonds. The van der Waals surface area contributed by atoms with Crippen LogP contribution in [0.5, 0.6) is 0 Å². The van der Waals surface area contributed by atoms with E-state index in [-0.39, 0.29) is 5.60 Å². The molecule has 0 aromatic carbocycles. The summed E-state index contributed by atoms with van der Waals surface area (Å²) in [5, 5.41) is 3.70. The average Bonchev–Trinajstić information content (AvgIpc) is 3.06. The third-order valence-corrected chi connectivity index (χ3v) is 5.42. The van der Waals surface area contributed by atoms with Gasteiger partial charge in [-0.25, -0.2) is 0 Å². The van der Waals surface area contributed by atoms with Gasteiger partial charge in [-0.15, -0.1) is 11.3 Å². The lowest BCUT2D eigenvalue weighted by atomic mass is 9.90. The zero-order chi connectivity index (χ0) is 13.1. The Kier molecular flexibility index (Phi) is 4.22. The first kappa shape index (κ1) is 13.6. The van der Waals surface area contributed by atoms with Crippen LogP contribution in [-0.2, 0) is 22.4 Å². The lowest BCUT2D eigenvalue weighted by Gasteiger charge is -2.37. The van der Waals surface area contributed by atoms with Crippen LogP contribution in [0.4, 0.5) is 0 Å². The van der Waals surface area contributed by atoms with E-state index in [9.17, 15) is 0 Å². The fraction of sp³-hybridized carbons (Fsp3) is 0.733. The third kappa shape index (κ3) is 3.19. The SMILES string of the molecule is CCc1ccc(CNC2CCOC3(CCOC3)C2)s1. The normalized spacial score (nSPS) is 31.1. The Labute approximate surface area is 119 Å². The molecule has 0 saturated carbocycles. The van der Waals surface area contributed by atoms with Crippen molar-refractivity contribution in [1.29, 1.82) is 0 Å². The van der Waals surface area contributed by atoms with Crippen molar-refractivity contribution < 1.29 is 9.47 Å². The number of ether oxygens (including phenoxy) is 2. The third-order valence-electron chi connectivity index (χ3n) is 4.19. The zero-order valence-electron chi connectivity index (χ0n) is 11.6. The molecule has 3 heterocycles. The molecule has 1 N–H and O–H groups in total. The molecular formula is C15H23NO2S. The highest BCUT2D eigenvalue weighted by molar-refractivity contribution is 7.11. The minimum absolute atomic E-state index is 0.0138. The van der Waals surface area contributed by atoms with E-state index in [4.69, 9.17) is 9.47 Å². The molecule has 1 spiro atoms. The maximum absolute atomic E-state index is 5.97. The summed E-state index contributed by atoms with van der Waals surface area (Å²) in [5.74, 6) is 0. The highest BCUT2D eigenvalue weighted by atomic mass is 32.1. The summed E-state index contributed by atoms with van der Waals surface area (Å²) in [6.45, 7) is 5.71. The summed E-state index contributed by atoms with van der Waals surface area (Å²) in [6.07, 6.45) is 4.42. The highest BCUT2D eigenvalue weighted by Crippen LogP contribution is 2.33. The van der Waals surface area contributed by atoms with Gasteiger partial charge in [0.15, 0.2) is 0 Å². The van der Waals surface area contributed by atoms with Crippen LogP contribution < -0.4 is 5.32 Å². The van der Waals surface area contributed by atoms with Crippen LogP contribution in [-0.4, -0.2) is 31.5 Å². The maximum Gasteiger partial charge on any atom is 0.0951 e. The van der Waals surface area contributed by atoms with E-state index in [2.05, 4.69) is 24.4 Å². The molecule has 3 rings (SSSR count). The summed E-state index contributed by atoms with van der Waals surface area (Å²) < 4.78 is 11.5. The van der Waals surface area contributed by atoms with E-state index in [1.165, 1.54) is 9.75 Å². The molecule has 0 aliphatic carbocycles. The van der Waals surface area contributed by atoms with Crippen LogP contribution in [0.1, 0.15) is 35.9 Å². The Morgan fingerprint density at radius 3 is 3.00 bits per heavy atom. The average molecular weight is 281 g/mol. The van der Waals surface area contributed by atoms with Gasteiger partial charge in [0.2, 0.25) is 0 Å². The second kappa shape index (κ2) is 5.92. The van der Waals surface area contributed by atoms with Gasteiger partial charge in [-0.05, 0) is 31.4 Å². The van der Waals surface area contributed by atoms with E-state index in [0.29, 0.717) is 6.04 Å². The Hall–Kier alpha value is -0.420. The molecule has 3 nitrogen and oxygen atoms in total. The molecule has 2 aliphatic rings. The van der Waals surface area contributed by atoms with Gasteiger partial charge in [0.25, 0.3) is 0 Å². The molecule has 2 unspecified atom stereocenters. The predicted octanol–water partition coefficient (Wildman–Crippen LogP) is 2.74. The van der Waals surface area contributed by atoms with Crippen molar-refractivity contribution in [3.05, 3.63) is 21.9 Å². The van der Waals surface area contributed by atoms with Crippen LogP contribution in [0.15, 0.2) is 12.1 Å². The molecule has 106 valence electrons. The topological polar surface area (TPSA) is 30.5 Å². The fourth-order valence-corrected chi connectivity index (χ4v) is 3.93. The minimum atomic E-state index is 0.0138. The van der Waals surface area contributed by atoms with Gasteiger partial charge in [0.1, 0.15) is 0 Å². The second-order valence-electron chi connectivity index (χ2n) is 5.63. The second-order valence-corrected chi connectivity index (χ2v) is 6.88. The molecule has 1 aromatic heterocycles. The summed E-state index contributed by atoms with van der Waals surface area (Å²) in [5.41, 5.74) is 0.0138. The van der Waals surface area contributed by atoms with Crippen molar-refractivity contribution in [1.82, 2.24) is 5.32 Å². The van der Waals surface area contributed by atoms with Crippen LogP contribution in [0.25, 0.3) is 0 Å². The quantitative estimate of drug-likeness (QED) is 0.920. The first-order valence-electron chi connectivity index (χ1n) is 7.32. The van der Waals surface area contributed by atoms with E-state index in [1.807, 2.05) is 11.3 Å². The van der Waals surface area contributed by atoms with E-state index < -0.39 is 0 Å². The largest absolute Gasteiger partial charge is 0.378 e. The first-order chi connectivity index (χ1) is 9.30. The Morgan fingerprint density at radius 2 is 2.26 bits per heavy atom. The molecule has 2 fully saturated rings. The zero-order valence-corrected chi connectivity index (χ0v) is 12.4. The smallest absolute Gasteiger partial charge is 0.0951 e. The molecule has 2 atom stereocenters. The van der Waals surface area contributed by atoms with Gasteiger partial charge >= 0.3 is 0 Å². The first-order valence-corrected chi connectivity index (χ1v) is 8.14. The van der Waals surface area contributed by atoms with Crippen LogP contribution in [0, 0.1) is 0 Å². The number of rotatable bonds is 4. The van der Waals surface area contributed by atoms with Crippen molar-refractivity contribution in [2.45, 2.75) is 50.8 Å². The predicted molar refractivity (Wildman–Crippen MR) is 77.7 cm³/mol. The van der Waals surface area contributed by atoms with Crippen molar-refractivity contribution >= 4 is 11.3 Å². The minimum Gasteiger partial charge on any atom is -0.378 e. The Bertz CT molecular complexity index is 412. The van der Waals surface area contributed by atoms with Crippen LogP contribution in [0.3, 0.4) is 0 Å². The number of aryl methyl sites for hydroxylation is 1. The van der Waals surface area contributed by atoms with Gasteiger partial charge in [-0.3, -0.25) is 0 Å². The fourth-order valence-electron chi connectivity index (χ4n) is 3.02. The molecule has 1 aromatic rings. The highest BCUT2D eigenvalue weighted by Gasteiger charge is 2.40. The van der Waals surface area contributed by atoms with Gasteiger partial charge in [-0.2, -0.15) is 0 Å². The van der Waals surface area contributed by atoms with Gasteiger partial charge in [-0.1, -0.05) is 6.92 Å². The van der Waals surface area contributed by atoms with E-state index in [0.717, 1.165) is 52.0 Å². The maximum atomic E-state index is 5.97. The Balaban J connectivity index is 1.52. The molecule has 19 heavy (non-hydrogen) atoms. The van der Waals surface area contributed by atoms with Crippen molar-refractivity contribution in [3.63, 3.8) is 0 Å². The number of hydrogen-bond acceptors (Lipinski definition) is 4. The summed E-state index contributed by atoms with van der Waals surface area (Å²) in [6, 6.07) is 5.07. The summed E-state index contributed by atoms with van der Waals surface area (Å²) in [7, 11) is 0. The van der Waals surface area contributed by atoms with Gasteiger partial charge in [0, 0.05) is 42.0 Å². The van der Waals surface area contributed by atoms with E-state index >= 15 is 0 Å². The lowest BCUT2D eigenvalue weighted by molar-refractivity contribution is -0.0894. The number of nitrogens with one attached hydrogen (secondary N) is 1. The number of hydrogen-bond donors (Lipinski definition) is 1. The van der Waals surface area contributed by atoms with Crippen molar-refractivity contribution in [3.8, 4) is 0 Å². The van der Waals surface area contributed by atoms with E-state index in [1.54, 1.807) is 0 Å². The Morgan fingerprint density at radius 1 is 1.37 bits per heavy atom. The molecule has 0 radical (unpaired) electrons. The molecular weight excluding hydrogens is 258 g/mol.